The molecule has 1 rings (SSSR count). The highest BCUT2D eigenvalue weighted by molar-refractivity contribution is 5.69. The Hall–Kier alpha value is -0.610. The van der Waals surface area contributed by atoms with Gasteiger partial charge in [0.25, 0.3) is 0 Å². The Kier molecular flexibility index (Phi) is 6.42. The number of carbonyl (C=O) groups is 1. The summed E-state index contributed by atoms with van der Waals surface area (Å²) in [4.78, 5) is 13.3. The monoisotopic (exact) mass is 229 g/mol. The Labute approximate surface area is 97.6 Å². The molecule has 1 heterocycles. The van der Waals surface area contributed by atoms with Crippen LogP contribution in [0.4, 0.5) is 0 Å². The molecule has 1 aliphatic rings. The quantitative estimate of drug-likeness (QED) is 0.720. The Morgan fingerprint density at radius 3 is 2.62 bits per heavy atom. The van der Waals surface area contributed by atoms with E-state index in [9.17, 15) is 4.79 Å². The summed E-state index contributed by atoms with van der Waals surface area (Å²) < 4.78 is 5.26. The van der Waals surface area contributed by atoms with Crippen molar-refractivity contribution in [2.75, 3.05) is 32.8 Å². The molecule has 0 amide bonds. The number of ether oxygens (including phenoxy) is 1. The van der Waals surface area contributed by atoms with Crippen molar-refractivity contribution in [3.05, 3.63) is 0 Å². The van der Waals surface area contributed by atoms with E-state index in [0.29, 0.717) is 0 Å². The van der Waals surface area contributed by atoms with E-state index in [0.717, 1.165) is 58.5 Å². The van der Waals surface area contributed by atoms with E-state index in [-0.39, 0.29) is 5.92 Å². The lowest BCUT2D eigenvalue weighted by Gasteiger charge is -2.27. The highest BCUT2D eigenvalue weighted by Gasteiger charge is 2.18. The molecule has 1 saturated heterocycles. The largest absolute Gasteiger partial charge is 0.481 e. The van der Waals surface area contributed by atoms with Gasteiger partial charge in [-0.1, -0.05) is 19.8 Å². The van der Waals surface area contributed by atoms with Crippen LogP contribution in [0.3, 0.4) is 0 Å². The smallest absolute Gasteiger partial charge is 0.306 e. The minimum absolute atomic E-state index is 0.164. The summed E-state index contributed by atoms with van der Waals surface area (Å²) in [6.45, 7) is 6.45. The van der Waals surface area contributed by atoms with Crippen molar-refractivity contribution in [1.29, 1.82) is 0 Å². The molecule has 0 aromatic heterocycles. The van der Waals surface area contributed by atoms with Crippen molar-refractivity contribution in [1.82, 2.24) is 4.90 Å². The van der Waals surface area contributed by atoms with E-state index in [1.807, 2.05) is 0 Å². The van der Waals surface area contributed by atoms with Gasteiger partial charge in [0, 0.05) is 13.1 Å². The van der Waals surface area contributed by atoms with Crippen LogP contribution in [-0.2, 0) is 9.53 Å². The fourth-order valence-corrected chi connectivity index (χ4v) is 2.00. The molecule has 0 aromatic rings. The van der Waals surface area contributed by atoms with Crippen LogP contribution in [0.15, 0.2) is 0 Å². The third-order valence-electron chi connectivity index (χ3n) is 3.15. The van der Waals surface area contributed by atoms with E-state index in [4.69, 9.17) is 9.84 Å². The Bertz CT molecular complexity index is 202. The predicted octanol–water partition coefficient (Wildman–Crippen LogP) is 1.60. The lowest BCUT2D eigenvalue weighted by Crippen LogP contribution is -2.38. The summed E-state index contributed by atoms with van der Waals surface area (Å²) in [5.74, 6) is -0.801. The third-order valence-corrected chi connectivity index (χ3v) is 3.15. The number of hydrogen-bond donors (Lipinski definition) is 1. The maximum atomic E-state index is 11.0. The van der Waals surface area contributed by atoms with E-state index < -0.39 is 5.97 Å². The molecule has 1 unspecified atom stereocenters. The molecule has 1 atom stereocenters. The summed E-state index contributed by atoms with van der Waals surface area (Å²) in [6.07, 6.45) is 3.67. The minimum Gasteiger partial charge on any atom is -0.481 e. The lowest BCUT2D eigenvalue weighted by atomic mass is 9.98. The van der Waals surface area contributed by atoms with Crippen LogP contribution in [0.1, 0.15) is 32.6 Å². The van der Waals surface area contributed by atoms with Gasteiger partial charge in [0.15, 0.2) is 0 Å². The number of carboxylic acids is 1. The standard InChI is InChI=1S/C12H23NO3/c1-2-3-4-11(12(14)15)5-6-13-7-9-16-10-8-13/h11H,2-10H2,1H3,(H,14,15). The minimum atomic E-state index is -0.637. The number of morpholine rings is 1. The highest BCUT2D eigenvalue weighted by atomic mass is 16.5. The first kappa shape index (κ1) is 13.5. The topological polar surface area (TPSA) is 49.8 Å². The van der Waals surface area contributed by atoms with E-state index in [1.165, 1.54) is 0 Å². The van der Waals surface area contributed by atoms with Crippen LogP contribution in [-0.4, -0.2) is 48.8 Å². The van der Waals surface area contributed by atoms with E-state index >= 15 is 0 Å². The van der Waals surface area contributed by atoms with Crippen molar-refractivity contribution < 1.29 is 14.6 Å². The molecule has 1 aliphatic heterocycles. The molecule has 0 aromatic carbocycles. The van der Waals surface area contributed by atoms with Crippen LogP contribution in [0, 0.1) is 5.92 Å². The molecular formula is C12H23NO3. The SMILES string of the molecule is CCCCC(CCN1CCOCC1)C(=O)O. The van der Waals surface area contributed by atoms with Gasteiger partial charge in [0.2, 0.25) is 0 Å². The lowest BCUT2D eigenvalue weighted by molar-refractivity contribution is -0.142. The summed E-state index contributed by atoms with van der Waals surface area (Å²) in [5, 5.41) is 9.09. The van der Waals surface area contributed by atoms with Gasteiger partial charge in [-0.3, -0.25) is 9.69 Å². The normalized spacial score (nSPS) is 19.6. The average molecular weight is 229 g/mol. The Morgan fingerprint density at radius 2 is 2.06 bits per heavy atom. The number of carboxylic acid groups (broad SMARTS) is 1. The molecule has 94 valence electrons. The summed E-state index contributed by atoms with van der Waals surface area (Å²) in [7, 11) is 0. The Balaban J connectivity index is 2.22. The van der Waals surface area contributed by atoms with Crippen molar-refractivity contribution >= 4 is 5.97 Å². The highest BCUT2D eigenvalue weighted by Crippen LogP contribution is 2.14. The van der Waals surface area contributed by atoms with Crippen molar-refractivity contribution in [3.63, 3.8) is 0 Å². The average Bonchev–Trinajstić information content (AvgIpc) is 2.30. The molecule has 16 heavy (non-hydrogen) atoms. The number of aliphatic carboxylic acids is 1. The molecule has 1 fully saturated rings. The number of nitrogens with zero attached hydrogens (tertiary/aromatic N) is 1. The predicted molar refractivity (Wildman–Crippen MR) is 62.5 cm³/mol. The third kappa shape index (κ3) is 4.94. The van der Waals surface area contributed by atoms with Gasteiger partial charge < -0.3 is 9.84 Å². The zero-order valence-corrected chi connectivity index (χ0v) is 10.2. The zero-order chi connectivity index (χ0) is 11.8. The van der Waals surface area contributed by atoms with Crippen LogP contribution >= 0.6 is 0 Å². The van der Waals surface area contributed by atoms with Gasteiger partial charge in [-0.25, -0.2) is 0 Å². The second-order valence-electron chi connectivity index (χ2n) is 4.42. The molecule has 0 saturated carbocycles. The number of rotatable bonds is 7. The van der Waals surface area contributed by atoms with E-state index in [1.54, 1.807) is 0 Å². The van der Waals surface area contributed by atoms with Crippen molar-refractivity contribution in [2.24, 2.45) is 5.92 Å². The summed E-state index contributed by atoms with van der Waals surface area (Å²) in [5.41, 5.74) is 0. The van der Waals surface area contributed by atoms with Crippen LogP contribution in [0.25, 0.3) is 0 Å². The molecule has 0 radical (unpaired) electrons. The molecule has 0 aliphatic carbocycles. The van der Waals surface area contributed by atoms with Gasteiger partial charge in [0.1, 0.15) is 0 Å². The number of hydrogen-bond acceptors (Lipinski definition) is 3. The van der Waals surface area contributed by atoms with Crippen LogP contribution in [0.5, 0.6) is 0 Å². The molecular weight excluding hydrogens is 206 g/mol. The van der Waals surface area contributed by atoms with Gasteiger partial charge in [0.05, 0.1) is 19.1 Å². The first-order valence-electron chi connectivity index (χ1n) is 6.27. The Morgan fingerprint density at radius 1 is 1.38 bits per heavy atom. The second kappa shape index (κ2) is 7.63. The van der Waals surface area contributed by atoms with Crippen molar-refractivity contribution in [3.8, 4) is 0 Å². The fraction of sp³-hybridized carbons (Fsp3) is 0.917. The zero-order valence-electron chi connectivity index (χ0n) is 10.2. The van der Waals surface area contributed by atoms with Gasteiger partial charge in [-0.2, -0.15) is 0 Å². The van der Waals surface area contributed by atoms with Gasteiger partial charge in [-0.15, -0.1) is 0 Å². The van der Waals surface area contributed by atoms with Gasteiger partial charge >= 0.3 is 5.97 Å². The first-order chi connectivity index (χ1) is 7.74. The summed E-state index contributed by atoms with van der Waals surface area (Å²) in [6, 6.07) is 0. The molecule has 4 heteroatoms. The fourth-order valence-electron chi connectivity index (χ4n) is 2.00. The maximum absolute atomic E-state index is 11.0. The molecule has 1 N–H and O–H groups in total. The second-order valence-corrected chi connectivity index (χ2v) is 4.42. The van der Waals surface area contributed by atoms with Crippen LogP contribution < -0.4 is 0 Å². The maximum Gasteiger partial charge on any atom is 0.306 e. The first-order valence-corrected chi connectivity index (χ1v) is 6.27. The van der Waals surface area contributed by atoms with Crippen LogP contribution in [0.2, 0.25) is 0 Å². The number of unbranched alkanes of at least 4 members (excludes halogenated alkanes) is 1. The summed E-state index contributed by atoms with van der Waals surface area (Å²) >= 11 is 0. The van der Waals surface area contributed by atoms with Gasteiger partial charge in [-0.05, 0) is 19.4 Å². The van der Waals surface area contributed by atoms with Crippen molar-refractivity contribution in [2.45, 2.75) is 32.6 Å². The molecule has 0 bridgehead atoms. The molecule has 4 nitrogen and oxygen atoms in total. The molecule has 0 spiro atoms. The van der Waals surface area contributed by atoms with E-state index in [2.05, 4.69) is 11.8 Å².